The van der Waals surface area contributed by atoms with Crippen LogP contribution in [-0.4, -0.2) is 6.54 Å². The zero-order valence-electron chi connectivity index (χ0n) is 10.0. The second-order valence-corrected chi connectivity index (χ2v) is 5.61. The molecule has 0 amide bonds. The summed E-state index contributed by atoms with van der Waals surface area (Å²) in [7, 11) is 0. The van der Waals surface area contributed by atoms with Crippen molar-refractivity contribution in [1.29, 1.82) is 0 Å². The van der Waals surface area contributed by atoms with E-state index in [4.69, 9.17) is 11.6 Å². The number of halogens is 1. The Morgan fingerprint density at radius 2 is 1.88 bits per heavy atom. The van der Waals surface area contributed by atoms with Crippen LogP contribution in [0.25, 0.3) is 0 Å². The van der Waals surface area contributed by atoms with Gasteiger partial charge in [0.1, 0.15) is 0 Å². The maximum absolute atomic E-state index is 5.92. The molecule has 0 spiro atoms. The first-order valence-corrected chi connectivity index (χ1v) is 6.53. The predicted molar refractivity (Wildman–Crippen MR) is 69.8 cm³/mol. The van der Waals surface area contributed by atoms with Crippen LogP contribution in [0.2, 0.25) is 5.02 Å². The highest BCUT2D eigenvalue weighted by Gasteiger charge is 2.31. The van der Waals surface area contributed by atoms with Crippen molar-refractivity contribution in [2.45, 2.75) is 32.7 Å². The van der Waals surface area contributed by atoms with E-state index >= 15 is 0 Å². The highest BCUT2D eigenvalue weighted by Crippen LogP contribution is 2.41. The summed E-state index contributed by atoms with van der Waals surface area (Å²) >= 11 is 5.92. The molecule has 0 saturated heterocycles. The summed E-state index contributed by atoms with van der Waals surface area (Å²) in [5.74, 6) is 1.54. The van der Waals surface area contributed by atoms with Gasteiger partial charge in [-0.2, -0.15) is 0 Å². The summed E-state index contributed by atoms with van der Waals surface area (Å²) in [6, 6.07) is 8.81. The average Bonchev–Trinajstić information content (AvgIpc) is 3.04. The van der Waals surface area contributed by atoms with Crippen LogP contribution in [0.3, 0.4) is 0 Å². The molecule has 16 heavy (non-hydrogen) atoms. The summed E-state index contributed by atoms with van der Waals surface area (Å²) in [4.78, 5) is 0. The monoisotopic (exact) mass is 237 g/mol. The first-order chi connectivity index (χ1) is 7.66. The molecular formula is C14H20ClN. The fraction of sp³-hybridized carbons (Fsp3) is 0.571. The van der Waals surface area contributed by atoms with Crippen molar-refractivity contribution in [3.05, 3.63) is 34.9 Å². The van der Waals surface area contributed by atoms with Crippen LogP contribution in [0.1, 0.15) is 38.3 Å². The third-order valence-electron chi connectivity index (χ3n) is 3.07. The molecule has 1 unspecified atom stereocenters. The lowest BCUT2D eigenvalue weighted by molar-refractivity contribution is 0.439. The molecule has 1 saturated carbocycles. The molecule has 1 atom stereocenters. The largest absolute Gasteiger partial charge is 0.309 e. The van der Waals surface area contributed by atoms with Crippen LogP contribution in [0.15, 0.2) is 24.3 Å². The van der Waals surface area contributed by atoms with Crippen LogP contribution in [0.5, 0.6) is 0 Å². The van der Waals surface area contributed by atoms with Gasteiger partial charge in [-0.25, -0.2) is 0 Å². The number of benzene rings is 1. The Morgan fingerprint density at radius 3 is 2.38 bits per heavy atom. The van der Waals surface area contributed by atoms with Crippen molar-refractivity contribution in [3.8, 4) is 0 Å². The Balaban J connectivity index is 2.03. The lowest BCUT2D eigenvalue weighted by Gasteiger charge is -2.20. The van der Waals surface area contributed by atoms with Gasteiger partial charge in [0.25, 0.3) is 0 Å². The Labute approximate surface area is 103 Å². The van der Waals surface area contributed by atoms with Crippen molar-refractivity contribution in [2.75, 3.05) is 6.54 Å². The minimum atomic E-state index is 0.527. The smallest absolute Gasteiger partial charge is 0.0406 e. The van der Waals surface area contributed by atoms with Crippen LogP contribution in [0, 0.1) is 11.8 Å². The van der Waals surface area contributed by atoms with E-state index < -0.39 is 0 Å². The topological polar surface area (TPSA) is 12.0 Å². The number of nitrogens with one attached hydrogen (secondary N) is 1. The molecule has 0 bridgehead atoms. The average molecular weight is 238 g/mol. The predicted octanol–water partition coefficient (Wildman–Crippen LogP) is 4.04. The Kier molecular flexibility index (Phi) is 3.88. The lowest BCUT2D eigenvalue weighted by Crippen LogP contribution is -2.26. The van der Waals surface area contributed by atoms with Gasteiger partial charge >= 0.3 is 0 Å². The molecule has 0 aliphatic heterocycles. The molecule has 0 aromatic heterocycles. The van der Waals surface area contributed by atoms with Gasteiger partial charge in [0.05, 0.1) is 0 Å². The van der Waals surface area contributed by atoms with Gasteiger partial charge in [-0.3, -0.25) is 0 Å². The van der Waals surface area contributed by atoms with Crippen LogP contribution >= 0.6 is 11.6 Å². The summed E-state index contributed by atoms with van der Waals surface area (Å²) in [5, 5.41) is 4.50. The van der Waals surface area contributed by atoms with E-state index in [-0.39, 0.29) is 0 Å². The summed E-state index contributed by atoms with van der Waals surface area (Å²) in [6.45, 7) is 5.58. The van der Waals surface area contributed by atoms with Gasteiger partial charge in [0.15, 0.2) is 0 Å². The van der Waals surface area contributed by atoms with Gasteiger partial charge in [0, 0.05) is 11.1 Å². The van der Waals surface area contributed by atoms with Crippen LogP contribution < -0.4 is 5.32 Å². The van der Waals surface area contributed by atoms with Gasteiger partial charge in [-0.05, 0) is 48.9 Å². The van der Waals surface area contributed by atoms with Gasteiger partial charge in [-0.15, -0.1) is 0 Å². The standard InChI is InChI=1S/C14H20ClN/c1-10(2)9-16-14(11-3-4-11)12-5-7-13(15)8-6-12/h5-8,10-11,14,16H,3-4,9H2,1-2H3. The Bertz CT molecular complexity index is 327. The van der Waals surface area contributed by atoms with Crippen molar-refractivity contribution in [1.82, 2.24) is 5.32 Å². The van der Waals surface area contributed by atoms with Crippen LogP contribution in [-0.2, 0) is 0 Å². The molecule has 2 heteroatoms. The number of rotatable bonds is 5. The first kappa shape index (κ1) is 11.9. The number of hydrogen-bond acceptors (Lipinski definition) is 1. The second-order valence-electron chi connectivity index (χ2n) is 5.17. The van der Waals surface area contributed by atoms with Gasteiger partial charge < -0.3 is 5.32 Å². The molecule has 1 aliphatic rings. The molecule has 1 N–H and O–H groups in total. The van der Waals surface area contributed by atoms with Crippen molar-refractivity contribution in [2.24, 2.45) is 11.8 Å². The Hall–Kier alpha value is -0.530. The maximum atomic E-state index is 5.92. The first-order valence-electron chi connectivity index (χ1n) is 6.15. The van der Waals surface area contributed by atoms with Gasteiger partial charge in [0.2, 0.25) is 0 Å². The van der Waals surface area contributed by atoms with E-state index in [0.29, 0.717) is 12.0 Å². The summed E-state index contributed by atoms with van der Waals surface area (Å²) in [6.07, 6.45) is 2.72. The molecule has 1 fully saturated rings. The molecule has 2 rings (SSSR count). The second kappa shape index (κ2) is 5.20. The number of hydrogen-bond donors (Lipinski definition) is 1. The van der Waals surface area contributed by atoms with Crippen LogP contribution in [0.4, 0.5) is 0 Å². The fourth-order valence-corrected chi connectivity index (χ4v) is 2.15. The molecular weight excluding hydrogens is 218 g/mol. The SMILES string of the molecule is CC(C)CNC(c1ccc(Cl)cc1)C1CC1. The fourth-order valence-electron chi connectivity index (χ4n) is 2.02. The molecule has 88 valence electrons. The highest BCUT2D eigenvalue weighted by molar-refractivity contribution is 6.30. The van der Waals surface area contributed by atoms with Crippen molar-refractivity contribution in [3.63, 3.8) is 0 Å². The maximum Gasteiger partial charge on any atom is 0.0406 e. The quantitative estimate of drug-likeness (QED) is 0.815. The molecule has 1 aliphatic carbocycles. The molecule has 1 aromatic carbocycles. The van der Waals surface area contributed by atoms with E-state index in [2.05, 4.69) is 31.3 Å². The third kappa shape index (κ3) is 3.23. The normalized spacial score (nSPS) is 17.8. The van der Waals surface area contributed by atoms with E-state index in [1.54, 1.807) is 0 Å². The van der Waals surface area contributed by atoms with Crippen molar-refractivity contribution >= 4 is 11.6 Å². The van der Waals surface area contributed by atoms with E-state index in [9.17, 15) is 0 Å². The lowest BCUT2D eigenvalue weighted by atomic mass is 10.0. The van der Waals surface area contributed by atoms with Crippen molar-refractivity contribution < 1.29 is 0 Å². The van der Waals surface area contributed by atoms with Gasteiger partial charge in [-0.1, -0.05) is 37.6 Å². The zero-order chi connectivity index (χ0) is 11.5. The Morgan fingerprint density at radius 1 is 1.25 bits per heavy atom. The molecule has 0 radical (unpaired) electrons. The highest BCUT2D eigenvalue weighted by atomic mass is 35.5. The molecule has 1 aromatic rings. The minimum Gasteiger partial charge on any atom is -0.309 e. The third-order valence-corrected chi connectivity index (χ3v) is 3.32. The zero-order valence-corrected chi connectivity index (χ0v) is 10.8. The van der Waals surface area contributed by atoms with E-state index in [1.807, 2.05) is 12.1 Å². The van der Waals surface area contributed by atoms with E-state index in [1.165, 1.54) is 18.4 Å². The molecule has 1 nitrogen and oxygen atoms in total. The molecule has 0 heterocycles. The summed E-state index contributed by atoms with van der Waals surface area (Å²) in [5.41, 5.74) is 1.38. The van der Waals surface area contributed by atoms with E-state index in [0.717, 1.165) is 17.5 Å². The minimum absolute atomic E-state index is 0.527. The summed E-state index contributed by atoms with van der Waals surface area (Å²) < 4.78 is 0.